The number of nitrogens with zero attached hydrogens (tertiary/aromatic N) is 2. The molecule has 1 heterocycles. The third-order valence-electron chi connectivity index (χ3n) is 3.57. The van der Waals surface area contributed by atoms with E-state index < -0.39 is 11.1 Å². The standard InChI is InChI=1S/C9H16N2O2/c1-7-5-11(13)8(2,3)9(7,4)10-6-12/h7,13H,5H2,1-4H3. The fourth-order valence-corrected chi connectivity index (χ4v) is 1.87. The minimum atomic E-state index is -0.552. The first-order valence-electron chi connectivity index (χ1n) is 4.42. The van der Waals surface area contributed by atoms with E-state index in [2.05, 4.69) is 4.99 Å². The first-order valence-corrected chi connectivity index (χ1v) is 4.42. The number of aliphatic imine (C=N–C) groups is 1. The van der Waals surface area contributed by atoms with E-state index in [1.54, 1.807) is 6.08 Å². The molecule has 0 aliphatic carbocycles. The highest BCUT2D eigenvalue weighted by molar-refractivity contribution is 5.36. The normalized spacial score (nSPS) is 38.7. The molecule has 0 aromatic carbocycles. The third-order valence-corrected chi connectivity index (χ3v) is 3.57. The molecule has 0 saturated carbocycles. The lowest BCUT2D eigenvalue weighted by molar-refractivity contribution is -0.146. The molecule has 1 aliphatic heterocycles. The first kappa shape index (κ1) is 10.4. The lowest BCUT2D eigenvalue weighted by atomic mass is 9.77. The zero-order chi connectivity index (χ0) is 10.3. The van der Waals surface area contributed by atoms with Gasteiger partial charge >= 0.3 is 0 Å². The molecule has 74 valence electrons. The summed E-state index contributed by atoms with van der Waals surface area (Å²) < 4.78 is 0. The van der Waals surface area contributed by atoms with Gasteiger partial charge in [-0.1, -0.05) is 6.92 Å². The van der Waals surface area contributed by atoms with Crippen molar-refractivity contribution in [2.75, 3.05) is 6.54 Å². The molecular weight excluding hydrogens is 168 g/mol. The molecule has 1 saturated heterocycles. The molecule has 4 heteroatoms. The second-order valence-corrected chi connectivity index (χ2v) is 4.39. The fraction of sp³-hybridized carbons (Fsp3) is 0.889. The molecule has 1 rings (SSSR count). The largest absolute Gasteiger partial charge is 0.313 e. The van der Waals surface area contributed by atoms with Gasteiger partial charge in [-0.3, -0.25) is 0 Å². The van der Waals surface area contributed by atoms with Crippen molar-refractivity contribution in [2.24, 2.45) is 10.9 Å². The second kappa shape index (κ2) is 2.91. The number of rotatable bonds is 1. The van der Waals surface area contributed by atoms with Crippen molar-refractivity contribution >= 4 is 6.08 Å². The minimum Gasteiger partial charge on any atom is -0.313 e. The molecule has 4 nitrogen and oxygen atoms in total. The van der Waals surface area contributed by atoms with Crippen LogP contribution in [0.2, 0.25) is 0 Å². The molecule has 0 spiro atoms. The first-order chi connectivity index (χ1) is 5.86. The van der Waals surface area contributed by atoms with E-state index in [9.17, 15) is 10.0 Å². The number of hydrogen-bond donors (Lipinski definition) is 1. The Labute approximate surface area is 78.2 Å². The predicted octanol–water partition coefficient (Wildman–Crippen LogP) is 1.20. The number of isocyanates is 1. The minimum absolute atomic E-state index is 0.147. The quantitative estimate of drug-likeness (QED) is 0.492. The molecule has 1 N–H and O–H groups in total. The van der Waals surface area contributed by atoms with Gasteiger partial charge in [0.15, 0.2) is 0 Å². The van der Waals surface area contributed by atoms with Gasteiger partial charge in [0.25, 0.3) is 0 Å². The molecule has 13 heavy (non-hydrogen) atoms. The van der Waals surface area contributed by atoms with Gasteiger partial charge in [0.2, 0.25) is 6.08 Å². The van der Waals surface area contributed by atoms with Gasteiger partial charge < -0.3 is 5.21 Å². The Kier molecular flexibility index (Phi) is 2.32. The van der Waals surface area contributed by atoms with Crippen LogP contribution in [0.15, 0.2) is 4.99 Å². The van der Waals surface area contributed by atoms with E-state index in [1.165, 1.54) is 5.06 Å². The fourth-order valence-electron chi connectivity index (χ4n) is 1.87. The SMILES string of the molecule is CC1CN(O)C(C)(C)C1(C)N=C=O. The molecule has 2 unspecified atom stereocenters. The molecule has 0 amide bonds. The van der Waals surface area contributed by atoms with E-state index in [0.29, 0.717) is 6.54 Å². The summed E-state index contributed by atoms with van der Waals surface area (Å²) in [5, 5.41) is 10.9. The maximum atomic E-state index is 10.3. The van der Waals surface area contributed by atoms with Gasteiger partial charge in [-0.25, -0.2) is 4.79 Å². The molecule has 0 bridgehead atoms. The molecular formula is C9H16N2O2. The van der Waals surface area contributed by atoms with Crippen LogP contribution in [0, 0.1) is 5.92 Å². The molecule has 0 aromatic rings. The van der Waals surface area contributed by atoms with Crippen LogP contribution in [-0.4, -0.2) is 34.0 Å². The van der Waals surface area contributed by atoms with Crippen molar-refractivity contribution in [1.29, 1.82) is 0 Å². The van der Waals surface area contributed by atoms with Crippen molar-refractivity contribution in [1.82, 2.24) is 5.06 Å². The molecule has 1 aliphatic rings. The molecule has 1 fully saturated rings. The van der Waals surface area contributed by atoms with Gasteiger partial charge in [0.05, 0.1) is 11.1 Å². The van der Waals surface area contributed by atoms with Crippen molar-refractivity contribution in [2.45, 2.75) is 38.8 Å². The molecule has 2 atom stereocenters. The van der Waals surface area contributed by atoms with Crippen LogP contribution in [-0.2, 0) is 4.79 Å². The predicted molar refractivity (Wildman–Crippen MR) is 48.3 cm³/mol. The van der Waals surface area contributed by atoms with Gasteiger partial charge in [-0.05, 0) is 26.7 Å². The summed E-state index contributed by atoms with van der Waals surface area (Å²) >= 11 is 0. The smallest absolute Gasteiger partial charge is 0.235 e. The lowest BCUT2D eigenvalue weighted by Gasteiger charge is -2.37. The summed E-state index contributed by atoms with van der Waals surface area (Å²) in [6.45, 7) is 8.13. The Balaban J connectivity index is 3.14. The van der Waals surface area contributed by atoms with E-state index >= 15 is 0 Å². The number of hydrogen-bond acceptors (Lipinski definition) is 4. The maximum Gasteiger partial charge on any atom is 0.235 e. The summed E-state index contributed by atoms with van der Waals surface area (Å²) in [4.78, 5) is 14.1. The zero-order valence-electron chi connectivity index (χ0n) is 8.53. The molecule has 0 aromatic heterocycles. The van der Waals surface area contributed by atoms with Crippen LogP contribution in [0.3, 0.4) is 0 Å². The number of carbonyl (C=O) groups excluding carboxylic acids is 1. The highest BCUT2D eigenvalue weighted by atomic mass is 16.5. The molecule has 0 radical (unpaired) electrons. The van der Waals surface area contributed by atoms with Crippen LogP contribution < -0.4 is 0 Å². The lowest BCUT2D eigenvalue weighted by Crippen LogP contribution is -2.51. The van der Waals surface area contributed by atoms with Crippen LogP contribution >= 0.6 is 0 Å². The zero-order valence-corrected chi connectivity index (χ0v) is 8.53. The van der Waals surface area contributed by atoms with Gasteiger partial charge in [0, 0.05) is 6.54 Å². The maximum absolute atomic E-state index is 10.3. The average Bonchev–Trinajstić information content (AvgIpc) is 2.15. The Bertz CT molecular complexity index is 258. The summed E-state index contributed by atoms with van der Waals surface area (Å²) in [6.07, 6.45) is 1.59. The average molecular weight is 184 g/mol. The second-order valence-electron chi connectivity index (χ2n) is 4.39. The van der Waals surface area contributed by atoms with Crippen molar-refractivity contribution in [3.8, 4) is 0 Å². The van der Waals surface area contributed by atoms with Crippen LogP contribution in [0.4, 0.5) is 0 Å². The summed E-state index contributed by atoms with van der Waals surface area (Å²) in [5.41, 5.74) is -1.06. The summed E-state index contributed by atoms with van der Waals surface area (Å²) in [5.74, 6) is 0.147. The van der Waals surface area contributed by atoms with E-state index in [1.807, 2.05) is 27.7 Å². The van der Waals surface area contributed by atoms with E-state index in [4.69, 9.17) is 0 Å². The highest BCUT2D eigenvalue weighted by Crippen LogP contribution is 2.43. The van der Waals surface area contributed by atoms with Crippen molar-refractivity contribution < 1.29 is 10.0 Å². The number of hydroxylamine groups is 2. The van der Waals surface area contributed by atoms with E-state index in [0.717, 1.165) is 0 Å². The Hall–Kier alpha value is -0.700. The Morgan fingerprint density at radius 1 is 1.54 bits per heavy atom. The third kappa shape index (κ3) is 1.22. The van der Waals surface area contributed by atoms with Crippen molar-refractivity contribution in [3.63, 3.8) is 0 Å². The van der Waals surface area contributed by atoms with Crippen molar-refractivity contribution in [3.05, 3.63) is 0 Å². The van der Waals surface area contributed by atoms with Gasteiger partial charge in [-0.2, -0.15) is 10.1 Å². The van der Waals surface area contributed by atoms with Crippen LogP contribution in [0.25, 0.3) is 0 Å². The Morgan fingerprint density at radius 2 is 2.08 bits per heavy atom. The monoisotopic (exact) mass is 184 g/mol. The van der Waals surface area contributed by atoms with E-state index in [-0.39, 0.29) is 5.92 Å². The summed E-state index contributed by atoms with van der Waals surface area (Å²) in [6, 6.07) is 0. The Morgan fingerprint density at radius 3 is 2.38 bits per heavy atom. The highest BCUT2D eigenvalue weighted by Gasteiger charge is 2.55. The summed E-state index contributed by atoms with van der Waals surface area (Å²) in [7, 11) is 0. The topological polar surface area (TPSA) is 52.9 Å². The van der Waals surface area contributed by atoms with Gasteiger partial charge in [-0.15, -0.1) is 0 Å². The van der Waals surface area contributed by atoms with Crippen LogP contribution in [0.1, 0.15) is 27.7 Å². The van der Waals surface area contributed by atoms with Crippen LogP contribution in [0.5, 0.6) is 0 Å². The van der Waals surface area contributed by atoms with Gasteiger partial charge in [0.1, 0.15) is 0 Å².